The van der Waals surface area contributed by atoms with Gasteiger partial charge in [0.15, 0.2) is 5.82 Å². The Labute approximate surface area is 220 Å². The maximum absolute atomic E-state index is 13.1. The van der Waals surface area contributed by atoms with Gasteiger partial charge in [0.25, 0.3) is 5.91 Å². The second kappa shape index (κ2) is 14.2. The Hall–Kier alpha value is -3.06. The van der Waals surface area contributed by atoms with Crippen LogP contribution in [0.5, 0.6) is 0 Å². The fourth-order valence-electron chi connectivity index (χ4n) is 4.36. The van der Waals surface area contributed by atoms with Crippen molar-refractivity contribution >= 4 is 29.6 Å². The summed E-state index contributed by atoms with van der Waals surface area (Å²) >= 11 is 0. The predicted molar refractivity (Wildman–Crippen MR) is 139 cm³/mol. The van der Waals surface area contributed by atoms with Crippen molar-refractivity contribution in [2.24, 2.45) is 10.9 Å². The molecule has 3 N–H and O–H groups in total. The Balaban J connectivity index is 1.43. The van der Waals surface area contributed by atoms with Crippen LogP contribution in [0.15, 0.2) is 35.5 Å². The highest BCUT2D eigenvalue weighted by Crippen LogP contribution is 2.25. The summed E-state index contributed by atoms with van der Waals surface area (Å²) in [5.74, 6) is 0.0757. The zero-order valence-electron chi connectivity index (χ0n) is 21.2. The summed E-state index contributed by atoms with van der Waals surface area (Å²) in [6.45, 7) is 1.07. The van der Waals surface area contributed by atoms with Crippen LogP contribution in [-0.2, 0) is 16.0 Å². The average Bonchev–Trinajstić information content (AvgIpc) is 2.92. The number of aliphatic imine (C=N–C) groups is 1. The van der Waals surface area contributed by atoms with E-state index < -0.39 is 12.5 Å². The fourth-order valence-corrected chi connectivity index (χ4v) is 4.36. The SMILES string of the molecule is O=C(Nc1ccc(CN2CCOCC2)cc1)c1cnc(NCCOC(F)F)nc1/N=C/C1CCC(O)CC1. The molecule has 12 heteroatoms. The molecule has 1 aliphatic heterocycles. The van der Waals surface area contributed by atoms with Crippen molar-refractivity contribution in [1.82, 2.24) is 14.9 Å². The second-order valence-electron chi connectivity index (χ2n) is 9.38. The molecule has 10 nitrogen and oxygen atoms in total. The normalized spacial score (nSPS) is 20.6. The number of nitrogens with zero attached hydrogens (tertiary/aromatic N) is 4. The lowest BCUT2D eigenvalue weighted by molar-refractivity contribution is -0.125. The summed E-state index contributed by atoms with van der Waals surface area (Å²) in [7, 11) is 0. The number of carbonyl (C=O) groups is 1. The molecule has 2 fully saturated rings. The van der Waals surface area contributed by atoms with Gasteiger partial charge in [-0.1, -0.05) is 12.1 Å². The molecule has 1 saturated carbocycles. The molecule has 206 valence electrons. The number of nitrogens with one attached hydrogen (secondary N) is 2. The highest BCUT2D eigenvalue weighted by molar-refractivity contribution is 6.07. The molecular weight excluding hydrogens is 498 g/mol. The minimum absolute atomic E-state index is 0.0658. The van der Waals surface area contributed by atoms with Gasteiger partial charge in [-0.3, -0.25) is 9.69 Å². The molecule has 0 radical (unpaired) electrons. The maximum atomic E-state index is 13.1. The molecule has 1 aromatic heterocycles. The number of anilines is 2. The van der Waals surface area contributed by atoms with Crippen molar-refractivity contribution in [3.05, 3.63) is 41.6 Å². The van der Waals surface area contributed by atoms with Crippen LogP contribution in [0.3, 0.4) is 0 Å². The number of amides is 1. The second-order valence-corrected chi connectivity index (χ2v) is 9.38. The third kappa shape index (κ3) is 8.76. The molecule has 0 unspecified atom stereocenters. The van der Waals surface area contributed by atoms with Crippen molar-refractivity contribution < 1.29 is 28.2 Å². The molecule has 1 aromatic carbocycles. The lowest BCUT2D eigenvalue weighted by Gasteiger charge is -2.26. The predicted octanol–water partition coefficient (Wildman–Crippen LogP) is 3.47. The molecule has 0 atom stereocenters. The number of carbonyl (C=O) groups excluding carboxylic acids is 1. The molecule has 1 aliphatic carbocycles. The summed E-state index contributed by atoms with van der Waals surface area (Å²) in [6.07, 6.45) is 5.83. The summed E-state index contributed by atoms with van der Waals surface area (Å²) in [5, 5.41) is 15.4. The van der Waals surface area contributed by atoms with E-state index in [9.17, 15) is 18.7 Å². The largest absolute Gasteiger partial charge is 0.393 e. The van der Waals surface area contributed by atoms with E-state index in [0.29, 0.717) is 18.5 Å². The highest BCUT2D eigenvalue weighted by Gasteiger charge is 2.19. The van der Waals surface area contributed by atoms with Crippen LogP contribution in [-0.4, -0.2) is 84.3 Å². The Morgan fingerprint density at radius 1 is 1.21 bits per heavy atom. The standard InChI is InChI=1S/C26H34F2N6O4/c27-25(28)38-12-9-29-26-31-16-22(23(33-26)30-15-18-3-7-21(35)8-4-18)24(36)32-20-5-1-19(2-6-20)17-34-10-13-37-14-11-34/h1-2,5-6,15-16,18,21,25,35H,3-4,7-14,17H2,(H,32,36)(H,29,31,33)/b30-15+. The number of halogens is 2. The van der Waals surface area contributed by atoms with E-state index in [4.69, 9.17) is 4.74 Å². The van der Waals surface area contributed by atoms with E-state index >= 15 is 0 Å². The van der Waals surface area contributed by atoms with Crippen molar-refractivity contribution in [2.45, 2.75) is 44.9 Å². The Morgan fingerprint density at radius 3 is 2.66 bits per heavy atom. The quantitative estimate of drug-likeness (QED) is 0.297. The van der Waals surface area contributed by atoms with Gasteiger partial charge < -0.3 is 25.2 Å². The first-order valence-corrected chi connectivity index (χ1v) is 12.9. The Kier molecular flexibility index (Phi) is 10.4. The topological polar surface area (TPSA) is 121 Å². The number of ether oxygens (including phenoxy) is 2. The average molecular weight is 533 g/mol. The fraction of sp³-hybridized carbons (Fsp3) is 0.538. The number of rotatable bonds is 11. The number of morpholine rings is 1. The lowest BCUT2D eigenvalue weighted by atomic mass is 9.88. The van der Waals surface area contributed by atoms with Gasteiger partial charge in [0.05, 0.1) is 25.9 Å². The molecule has 38 heavy (non-hydrogen) atoms. The Morgan fingerprint density at radius 2 is 1.95 bits per heavy atom. The molecule has 2 aromatic rings. The van der Waals surface area contributed by atoms with Gasteiger partial charge in [0.2, 0.25) is 5.95 Å². The number of aliphatic hydroxyl groups excluding tert-OH is 1. The van der Waals surface area contributed by atoms with Gasteiger partial charge in [-0.05, 0) is 49.3 Å². The monoisotopic (exact) mass is 532 g/mol. The zero-order chi connectivity index (χ0) is 26.7. The Bertz CT molecular complexity index is 1060. The minimum atomic E-state index is -2.86. The molecule has 0 bridgehead atoms. The van der Waals surface area contributed by atoms with Crippen LogP contribution in [0.1, 0.15) is 41.6 Å². The van der Waals surface area contributed by atoms with Crippen LogP contribution in [0.25, 0.3) is 0 Å². The van der Waals surface area contributed by atoms with Crippen molar-refractivity contribution in [2.75, 3.05) is 50.1 Å². The number of aromatic nitrogens is 2. The van der Waals surface area contributed by atoms with E-state index in [1.165, 1.54) is 6.20 Å². The summed E-state index contributed by atoms with van der Waals surface area (Å²) in [4.78, 5) is 28.4. The van der Waals surface area contributed by atoms with Crippen molar-refractivity contribution in [3.63, 3.8) is 0 Å². The van der Waals surface area contributed by atoms with Crippen molar-refractivity contribution in [1.29, 1.82) is 0 Å². The lowest BCUT2D eigenvalue weighted by Crippen LogP contribution is -2.35. The first kappa shape index (κ1) is 28.0. The number of aliphatic hydroxyl groups is 1. The first-order valence-electron chi connectivity index (χ1n) is 12.9. The molecule has 1 amide bonds. The van der Waals surface area contributed by atoms with Gasteiger partial charge in [-0.25, -0.2) is 9.98 Å². The van der Waals surface area contributed by atoms with Crippen LogP contribution >= 0.6 is 0 Å². The summed E-state index contributed by atoms with van der Waals surface area (Å²) < 4.78 is 34.0. The van der Waals surface area contributed by atoms with Gasteiger partial charge >= 0.3 is 6.61 Å². The number of hydrogen-bond acceptors (Lipinski definition) is 9. The van der Waals surface area contributed by atoms with E-state index in [2.05, 4.69) is 35.2 Å². The van der Waals surface area contributed by atoms with Crippen LogP contribution in [0, 0.1) is 5.92 Å². The first-order chi connectivity index (χ1) is 18.5. The van der Waals surface area contributed by atoms with Crippen molar-refractivity contribution in [3.8, 4) is 0 Å². The highest BCUT2D eigenvalue weighted by atomic mass is 19.3. The number of alkyl halides is 2. The van der Waals surface area contributed by atoms with E-state index in [-0.39, 0.29) is 42.5 Å². The molecular formula is C26H34F2N6O4. The molecule has 2 aliphatic rings. The van der Waals surface area contributed by atoms with E-state index in [0.717, 1.165) is 51.3 Å². The molecule has 1 saturated heterocycles. The molecule has 0 spiro atoms. The molecule has 4 rings (SSSR count). The maximum Gasteiger partial charge on any atom is 0.345 e. The third-order valence-corrected chi connectivity index (χ3v) is 6.51. The smallest absolute Gasteiger partial charge is 0.345 e. The van der Waals surface area contributed by atoms with Crippen LogP contribution < -0.4 is 10.6 Å². The van der Waals surface area contributed by atoms with E-state index in [1.54, 1.807) is 6.21 Å². The minimum Gasteiger partial charge on any atom is -0.393 e. The number of hydrogen-bond donors (Lipinski definition) is 3. The number of benzene rings is 1. The van der Waals surface area contributed by atoms with Crippen LogP contribution in [0.4, 0.5) is 26.2 Å². The summed E-state index contributed by atoms with van der Waals surface area (Å²) in [5.41, 5.74) is 1.95. The van der Waals surface area contributed by atoms with Gasteiger partial charge in [-0.2, -0.15) is 13.8 Å². The van der Waals surface area contributed by atoms with Crippen LogP contribution in [0.2, 0.25) is 0 Å². The third-order valence-electron chi connectivity index (χ3n) is 6.51. The van der Waals surface area contributed by atoms with E-state index in [1.807, 2.05) is 24.3 Å². The summed E-state index contributed by atoms with van der Waals surface area (Å²) in [6, 6.07) is 7.66. The molecule has 2 heterocycles. The van der Waals surface area contributed by atoms with Gasteiger partial charge in [-0.15, -0.1) is 0 Å². The zero-order valence-corrected chi connectivity index (χ0v) is 21.2. The van der Waals surface area contributed by atoms with Gasteiger partial charge in [0.1, 0.15) is 5.56 Å². The van der Waals surface area contributed by atoms with Gasteiger partial charge in [0, 0.05) is 44.3 Å².